The maximum atomic E-state index is 9.98. The summed E-state index contributed by atoms with van der Waals surface area (Å²) >= 11 is 1.32. The second-order valence-corrected chi connectivity index (χ2v) is 7.81. The predicted octanol–water partition coefficient (Wildman–Crippen LogP) is 4.23. The summed E-state index contributed by atoms with van der Waals surface area (Å²) in [6, 6.07) is 18.8. The Hall–Kier alpha value is -3.64. The van der Waals surface area contributed by atoms with Crippen LogP contribution >= 0.6 is 11.3 Å². The number of ether oxygens (including phenoxy) is 1. The van der Waals surface area contributed by atoms with Gasteiger partial charge in [-0.25, -0.2) is 9.97 Å². The summed E-state index contributed by atoms with van der Waals surface area (Å²) in [6.07, 6.45) is 0.841. The van der Waals surface area contributed by atoms with Crippen LogP contribution in [0.25, 0.3) is 21.7 Å². The third-order valence-corrected chi connectivity index (χ3v) is 5.64. The first kappa shape index (κ1) is 20.6. The van der Waals surface area contributed by atoms with Gasteiger partial charge in [0.15, 0.2) is 0 Å². The number of nitriles is 1. The van der Waals surface area contributed by atoms with E-state index >= 15 is 0 Å². The van der Waals surface area contributed by atoms with Gasteiger partial charge < -0.3 is 15.6 Å². The highest BCUT2D eigenvalue weighted by atomic mass is 32.1. The van der Waals surface area contributed by atoms with Gasteiger partial charge in [-0.1, -0.05) is 30.3 Å². The molecule has 0 radical (unpaired) electrons. The molecule has 0 aliphatic heterocycles. The minimum Gasteiger partial charge on any atom is -0.438 e. The van der Waals surface area contributed by atoms with Crippen LogP contribution in [0.1, 0.15) is 22.5 Å². The molecule has 0 aliphatic carbocycles. The maximum absolute atomic E-state index is 9.98. The fourth-order valence-corrected chi connectivity index (χ4v) is 3.96. The Kier molecular flexibility index (Phi) is 6.00. The number of hydrogen-bond donors (Lipinski definition) is 2. The van der Waals surface area contributed by atoms with E-state index in [0.29, 0.717) is 28.0 Å². The van der Waals surface area contributed by atoms with E-state index in [1.54, 1.807) is 37.4 Å². The molecule has 0 saturated carbocycles. The van der Waals surface area contributed by atoms with Crippen molar-refractivity contribution in [2.45, 2.75) is 13.0 Å². The molecule has 1 unspecified atom stereocenters. The first-order chi connectivity index (χ1) is 15.1. The van der Waals surface area contributed by atoms with Crippen molar-refractivity contribution in [3.8, 4) is 39.4 Å². The number of hydrogen-bond acceptors (Lipinski definition) is 8. The highest BCUT2D eigenvalue weighted by Gasteiger charge is 2.16. The molecule has 154 valence electrons. The number of aliphatic hydroxyl groups excluding tert-OH is 1. The molecule has 3 N–H and O–H groups in total. The number of aromatic nitrogens is 3. The highest BCUT2D eigenvalue weighted by Crippen LogP contribution is 2.38. The van der Waals surface area contributed by atoms with Gasteiger partial charge in [-0.2, -0.15) is 10.2 Å². The van der Waals surface area contributed by atoms with Gasteiger partial charge in [0.2, 0.25) is 5.88 Å². The average molecular weight is 430 g/mol. The van der Waals surface area contributed by atoms with Crippen molar-refractivity contribution in [2.75, 3.05) is 6.54 Å². The summed E-state index contributed by atoms with van der Waals surface area (Å²) in [4.78, 5) is 14.0. The summed E-state index contributed by atoms with van der Waals surface area (Å²) in [5, 5.41) is 19.8. The largest absolute Gasteiger partial charge is 0.438 e. The molecule has 2 aromatic carbocycles. The molecule has 2 heterocycles. The normalized spacial score (nSPS) is 11.7. The lowest BCUT2D eigenvalue weighted by molar-refractivity contribution is 0.186. The minimum absolute atomic E-state index is 0.0894. The third kappa shape index (κ3) is 4.59. The van der Waals surface area contributed by atoms with Crippen molar-refractivity contribution < 1.29 is 9.84 Å². The average Bonchev–Trinajstić information content (AvgIpc) is 3.28. The molecule has 0 saturated heterocycles. The Morgan fingerprint density at radius 3 is 2.71 bits per heavy atom. The van der Waals surface area contributed by atoms with Gasteiger partial charge in [0.25, 0.3) is 0 Å². The van der Waals surface area contributed by atoms with E-state index in [1.165, 1.54) is 11.3 Å². The molecule has 2 aromatic heterocycles. The molecular formula is C23H19N5O2S. The van der Waals surface area contributed by atoms with Gasteiger partial charge >= 0.3 is 0 Å². The number of benzene rings is 2. The first-order valence-electron chi connectivity index (χ1n) is 9.54. The Balaban J connectivity index is 1.74. The monoisotopic (exact) mass is 429 g/mol. The lowest BCUT2D eigenvalue weighted by Gasteiger charge is -2.11. The quantitative estimate of drug-likeness (QED) is 0.471. The summed E-state index contributed by atoms with van der Waals surface area (Å²) in [5.41, 5.74) is 8.43. The smallest absolute Gasteiger partial charge is 0.223 e. The van der Waals surface area contributed by atoms with Crippen molar-refractivity contribution >= 4 is 11.3 Å². The van der Waals surface area contributed by atoms with E-state index in [9.17, 15) is 10.4 Å². The minimum atomic E-state index is -0.820. The zero-order valence-corrected chi connectivity index (χ0v) is 17.5. The van der Waals surface area contributed by atoms with Crippen LogP contribution in [-0.2, 0) is 0 Å². The second-order valence-electron chi connectivity index (χ2n) is 6.74. The van der Waals surface area contributed by atoms with E-state index in [-0.39, 0.29) is 6.54 Å². The topological polar surface area (TPSA) is 118 Å². The number of thiazole rings is 1. The van der Waals surface area contributed by atoms with E-state index in [1.807, 2.05) is 30.3 Å². The van der Waals surface area contributed by atoms with Crippen molar-refractivity contribution in [1.82, 2.24) is 15.0 Å². The van der Waals surface area contributed by atoms with Crippen molar-refractivity contribution in [3.63, 3.8) is 0 Å². The van der Waals surface area contributed by atoms with Crippen LogP contribution in [0, 0.1) is 18.3 Å². The van der Waals surface area contributed by atoms with Gasteiger partial charge in [0.05, 0.1) is 22.2 Å². The second kappa shape index (κ2) is 9.02. The van der Waals surface area contributed by atoms with Crippen molar-refractivity contribution in [3.05, 3.63) is 77.2 Å². The maximum Gasteiger partial charge on any atom is 0.223 e. The number of nitrogens with two attached hydrogens (primary N) is 1. The molecule has 0 aliphatic rings. The molecule has 1 atom stereocenters. The van der Waals surface area contributed by atoms with E-state index in [4.69, 9.17) is 10.5 Å². The van der Waals surface area contributed by atoms with Crippen LogP contribution < -0.4 is 10.5 Å². The molecule has 4 aromatic rings. The molecule has 31 heavy (non-hydrogen) atoms. The summed E-state index contributed by atoms with van der Waals surface area (Å²) in [7, 11) is 0. The fraction of sp³-hybridized carbons (Fsp3) is 0.130. The van der Waals surface area contributed by atoms with Crippen LogP contribution in [0.5, 0.6) is 11.6 Å². The Morgan fingerprint density at radius 1 is 1.16 bits per heavy atom. The van der Waals surface area contributed by atoms with E-state index in [0.717, 1.165) is 21.7 Å². The van der Waals surface area contributed by atoms with Gasteiger partial charge in [-0.15, -0.1) is 11.3 Å². The number of aliphatic hydroxyl groups is 1. The SMILES string of the molecule is Cc1nc(Oc2cc(C#N)ccc2-c2cnc(C(O)CN)s2)cc(-c2ccccc2)n1. The van der Waals surface area contributed by atoms with Crippen molar-refractivity contribution in [1.29, 1.82) is 5.26 Å². The number of nitrogens with zero attached hydrogens (tertiary/aromatic N) is 4. The number of aryl methyl sites for hydroxylation is 1. The zero-order chi connectivity index (χ0) is 21.8. The Morgan fingerprint density at radius 2 is 1.97 bits per heavy atom. The molecule has 0 spiro atoms. The summed E-state index contributed by atoms with van der Waals surface area (Å²) in [6.45, 7) is 1.89. The van der Waals surface area contributed by atoms with Crippen LogP contribution in [0.4, 0.5) is 0 Å². The Labute approximate surface area is 183 Å². The predicted molar refractivity (Wildman–Crippen MR) is 119 cm³/mol. The van der Waals surface area contributed by atoms with Gasteiger partial charge in [-0.3, -0.25) is 0 Å². The molecule has 4 rings (SSSR count). The Bertz CT molecular complexity index is 1250. The van der Waals surface area contributed by atoms with Crippen LogP contribution in [-0.4, -0.2) is 26.6 Å². The molecular weight excluding hydrogens is 410 g/mol. The van der Waals surface area contributed by atoms with Gasteiger partial charge in [-0.05, 0) is 25.1 Å². The zero-order valence-electron chi connectivity index (χ0n) is 16.7. The van der Waals surface area contributed by atoms with Crippen LogP contribution in [0.15, 0.2) is 60.8 Å². The first-order valence-corrected chi connectivity index (χ1v) is 10.4. The highest BCUT2D eigenvalue weighted by molar-refractivity contribution is 7.15. The molecule has 7 nitrogen and oxygen atoms in total. The molecule has 0 amide bonds. The standard InChI is InChI=1S/C23H19N5O2S/c1-14-27-18(16-5-3-2-4-6-16)10-22(28-14)30-20-9-15(11-24)7-8-17(20)21-13-26-23(31-21)19(29)12-25/h2-10,13,19,29H,12,25H2,1H3. The lowest BCUT2D eigenvalue weighted by Crippen LogP contribution is -2.10. The van der Waals surface area contributed by atoms with Crippen LogP contribution in [0.2, 0.25) is 0 Å². The third-order valence-electron chi connectivity index (χ3n) is 4.51. The number of rotatable bonds is 6. The van der Waals surface area contributed by atoms with Gasteiger partial charge in [0.1, 0.15) is 22.7 Å². The molecule has 8 heteroatoms. The fourth-order valence-electron chi connectivity index (χ4n) is 3.01. The summed E-state index contributed by atoms with van der Waals surface area (Å²) in [5.74, 6) is 1.41. The van der Waals surface area contributed by atoms with Crippen LogP contribution in [0.3, 0.4) is 0 Å². The van der Waals surface area contributed by atoms with Gasteiger partial charge in [0, 0.05) is 29.9 Å². The van der Waals surface area contributed by atoms with Crippen molar-refractivity contribution in [2.24, 2.45) is 5.73 Å². The summed E-state index contributed by atoms with van der Waals surface area (Å²) < 4.78 is 6.13. The molecule has 0 bridgehead atoms. The molecule has 0 fully saturated rings. The van der Waals surface area contributed by atoms with E-state index in [2.05, 4.69) is 21.0 Å². The van der Waals surface area contributed by atoms with E-state index < -0.39 is 6.10 Å². The lowest BCUT2D eigenvalue weighted by atomic mass is 10.1.